The lowest BCUT2D eigenvalue weighted by atomic mass is 10.1. The molecule has 0 radical (unpaired) electrons. The number of hydrogen-bond acceptors (Lipinski definition) is 3. The number of nitrogens with zero attached hydrogens (tertiary/aromatic N) is 2. The highest BCUT2D eigenvalue weighted by Gasteiger charge is 2.29. The molecule has 22 heavy (non-hydrogen) atoms. The number of carbonyl (C=O) groups is 1. The largest absolute Gasteiger partial charge is 0.324 e. The number of urea groups is 1. The van der Waals surface area contributed by atoms with Crippen LogP contribution in [0.1, 0.15) is 12.8 Å². The molecule has 2 amide bonds. The van der Waals surface area contributed by atoms with Gasteiger partial charge in [0.1, 0.15) is 5.82 Å². The highest BCUT2D eigenvalue weighted by Crippen LogP contribution is 2.19. The molecule has 0 aromatic heterocycles. The second-order valence-corrected chi connectivity index (χ2v) is 7.45. The zero-order valence-electron chi connectivity index (χ0n) is 12.6. The third-order valence-corrected chi connectivity index (χ3v) is 5.25. The van der Waals surface area contributed by atoms with Crippen LogP contribution >= 0.6 is 0 Å². The number of rotatable bonds is 3. The first-order valence-corrected chi connectivity index (χ1v) is 8.87. The van der Waals surface area contributed by atoms with E-state index in [-0.39, 0.29) is 17.8 Å². The maximum absolute atomic E-state index is 13.5. The van der Waals surface area contributed by atoms with Crippen molar-refractivity contribution in [1.29, 1.82) is 0 Å². The molecule has 0 bridgehead atoms. The molecule has 0 saturated carbocycles. The predicted molar refractivity (Wildman–Crippen MR) is 82.6 cm³/mol. The molecule has 1 saturated heterocycles. The minimum atomic E-state index is -3.23. The monoisotopic (exact) mass is 329 g/mol. The highest BCUT2D eigenvalue weighted by atomic mass is 32.2. The maximum atomic E-state index is 13.5. The molecule has 1 aromatic rings. The van der Waals surface area contributed by atoms with E-state index in [1.807, 2.05) is 0 Å². The van der Waals surface area contributed by atoms with Crippen molar-refractivity contribution in [2.24, 2.45) is 0 Å². The standard InChI is InChI=1S/C14H20FN3O3S/c1-17(22(2,20)21)11-7-9-18(10-8-11)14(19)16-13-6-4-3-5-12(13)15/h3-6,11H,7-10H2,1-2H3,(H,16,19). The molecular formula is C14H20FN3O3S. The topological polar surface area (TPSA) is 69.7 Å². The van der Waals surface area contributed by atoms with E-state index < -0.39 is 15.8 Å². The van der Waals surface area contributed by atoms with Gasteiger partial charge in [-0.1, -0.05) is 12.1 Å². The number of piperidine rings is 1. The van der Waals surface area contributed by atoms with Gasteiger partial charge in [0, 0.05) is 26.2 Å². The number of likely N-dealkylation sites (tertiary alicyclic amines) is 1. The van der Waals surface area contributed by atoms with E-state index in [9.17, 15) is 17.6 Å². The van der Waals surface area contributed by atoms with Gasteiger partial charge in [-0.15, -0.1) is 0 Å². The molecule has 2 rings (SSSR count). The third-order valence-electron chi connectivity index (χ3n) is 3.90. The molecule has 1 N–H and O–H groups in total. The summed E-state index contributed by atoms with van der Waals surface area (Å²) in [4.78, 5) is 13.7. The molecule has 122 valence electrons. The zero-order chi connectivity index (χ0) is 16.3. The van der Waals surface area contributed by atoms with E-state index in [0.717, 1.165) is 0 Å². The summed E-state index contributed by atoms with van der Waals surface area (Å²) < 4.78 is 37.9. The van der Waals surface area contributed by atoms with Gasteiger partial charge in [-0.3, -0.25) is 0 Å². The van der Waals surface area contributed by atoms with Crippen molar-refractivity contribution in [3.05, 3.63) is 30.1 Å². The molecule has 1 heterocycles. The predicted octanol–water partition coefficient (Wildman–Crippen LogP) is 1.71. The van der Waals surface area contributed by atoms with Crippen LogP contribution in [0.5, 0.6) is 0 Å². The minimum absolute atomic E-state index is 0.104. The molecule has 0 spiro atoms. The van der Waals surface area contributed by atoms with Crippen LogP contribution in [0.2, 0.25) is 0 Å². The normalized spacial score (nSPS) is 16.8. The average molecular weight is 329 g/mol. The van der Waals surface area contributed by atoms with Gasteiger partial charge in [0.05, 0.1) is 11.9 Å². The van der Waals surface area contributed by atoms with Gasteiger partial charge in [0.15, 0.2) is 0 Å². The van der Waals surface area contributed by atoms with Crippen molar-refractivity contribution in [3.8, 4) is 0 Å². The Labute approximate surface area is 130 Å². The lowest BCUT2D eigenvalue weighted by Gasteiger charge is -2.35. The molecule has 1 aromatic carbocycles. The van der Waals surface area contributed by atoms with E-state index in [4.69, 9.17) is 0 Å². The third kappa shape index (κ3) is 3.95. The van der Waals surface area contributed by atoms with Gasteiger partial charge in [-0.2, -0.15) is 0 Å². The van der Waals surface area contributed by atoms with Crippen molar-refractivity contribution in [2.45, 2.75) is 18.9 Å². The summed E-state index contributed by atoms with van der Waals surface area (Å²) in [6.07, 6.45) is 2.30. The van der Waals surface area contributed by atoms with E-state index in [0.29, 0.717) is 25.9 Å². The van der Waals surface area contributed by atoms with Gasteiger partial charge >= 0.3 is 6.03 Å². The Balaban J connectivity index is 1.92. The Kier molecular flexibility index (Phi) is 5.02. The van der Waals surface area contributed by atoms with Crippen LogP contribution < -0.4 is 5.32 Å². The van der Waals surface area contributed by atoms with Crippen molar-refractivity contribution in [1.82, 2.24) is 9.21 Å². The van der Waals surface area contributed by atoms with Crippen LogP contribution in [0.15, 0.2) is 24.3 Å². The van der Waals surface area contributed by atoms with E-state index in [1.54, 1.807) is 24.1 Å². The highest BCUT2D eigenvalue weighted by molar-refractivity contribution is 7.88. The van der Waals surface area contributed by atoms with Gasteiger partial charge < -0.3 is 10.2 Å². The first kappa shape index (κ1) is 16.7. The summed E-state index contributed by atoms with van der Waals surface area (Å²) in [5.41, 5.74) is 0.142. The second-order valence-electron chi connectivity index (χ2n) is 5.41. The summed E-state index contributed by atoms with van der Waals surface area (Å²) in [7, 11) is -1.68. The summed E-state index contributed by atoms with van der Waals surface area (Å²) in [6.45, 7) is 0.871. The van der Waals surface area contributed by atoms with Crippen molar-refractivity contribution in [3.63, 3.8) is 0 Å². The van der Waals surface area contributed by atoms with Gasteiger partial charge in [-0.25, -0.2) is 21.9 Å². The lowest BCUT2D eigenvalue weighted by Crippen LogP contribution is -2.48. The minimum Gasteiger partial charge on any atom is -0.324 e. The smallest absolute Gasteiger partial charge is 0.321 e. The Morgan fingerprint density at radius 1 is 1.32 bits per heavy atom. The molecule has 1 fully saturated rings. The fourth-order valence-corrected chi connectivity index (χ4v) is 3.21. The van der Waals surface area contributed by atoms with Crippen molar-refractivity contribution in [2.75, 3.05) is 31.7 Å². The van der Waals surface area contributed by atoms with E-state index >= 15 is 0 Å². The van der Waals surface area contributed by atoms with Gasteiger partial charge in [-0.05, 0) is 25.0 Å². The first-order valence-electron chi connectivity index (χ1n) is 7.02. The van der Waals surface area contributed by atoms with Crippen molar-refractivity contribution >= 4 is 21.7 Å². The number of sulfonamides is 1. The number of anilines is 1. The molecule has 1 aliphatic rings. The van der Waals surface area contributed by atoms with E-state index in [2.05, 4.69) is 5.32 Å². The van der Waals surface area contributed by atoms with Crippen LogP contribution in [0.4, 0.5) is 14.9 Å². The second kappa shape index (κ2) is 6.62. The number of nitrogens with one attached hydrogen (secondary N) is 1. The molecule has 6 nitrogen and oxygen atoms in total. The van der Waals surface area contributed by atoms with Crippen LogP contribution in [0, 0.1) is 5.82 Å². The summed E-state index contributed by atoms with van der Waals surface area (Å²) in [5.74, 6) is -0.484. The average Bonchev–Trinajstić information content (AvgIpc) is 2.48. The Morgan fingerprint density at radius 2 is 1.91 bits per heavy atom. The lowest BCUT2D eigenvalue weighted by molar-refractivity contribution is 0.175. The number of carbonyl (C=O) groups excluding carboxylic acids is 1. The fraction of sp³-hybridized carbons (Fsp3) is 0.500. The maximum Gasteiger partial charge on any atom is 0.321 e. The summed E-state index contributed by atoms with van der Waals surface area (Å²) >= 11 is 0. The number of amides is 2. The quantitative estimate of drug-likeness (QED) is 0.918. The number of benzene rings is 1. The Morgan fingerprint density at radius 3 is 2.45 bits per heavy atom. The van der Waals surface area contributed by atoms with Crippen molar-refractivity contribution < 1.29 is 17.6 Å². The molecule has 8 heteroatoms. The van der Waals surface area contributed by atoms with Gasteiger partial charge in [0.25, 0.3) is 0 Å². The molecule has 0 aliphatic carbocycles. The number of para-hydroxylation sites is 1. The molecule has 0 atom stereocenters. The van der Waals surface area contributed by atoms with Crippen LogP contribution in [0.3, 0.4) is 0 Å². The number of halogens is 1. The summed E-state index contributed by atoms with van der Waals surface area (Å²) in [6, 6.07) is 5.50. The van der Waals surface area contributed by atoms with Crippen LogP contribution in [-0.2, 0) is 10.0 Å². The fourth-order valence-electron chi connectivity index (χ4n) is 2.46. The van der Waals surface area contributed by atoms with E-state index in [1.165, 1.54) is 22.7 Å². The zero-order valence-corrected chi connectivity index (χ0v) is 13.4. The first-order chi connectivity index (χ1) is 10.3. The molecule has 1 aliphatic heterocycles. The molecular weight excluding hydrogens is 309 g/mol. The van der Waals surface area contributed by atoms with Crippen LogP contribution in [-0.4, -0.2) is 56.1 Å². The van der Waals surface area contributed by atoms with Crippen LogP contribution in [0.25, 0.3) is 0 Å². The SMILES string of the molecule is CN(C1CCN(C(=O)Nc2ccccc2F)CC1)S(C)(=O)=O. The Bertz CT molecular complexity index is 642. The van der Waals surface area contributed by atoms with Gasteiger partial charge in [0.2, 0.25) is 10.0 Å². The number of hydrogen-bond donors (Lipinski definition) is 1. The summed E-state index contributed by atoms with van der Waals surface area (Å²) in [5, 5.41) is 2.53. The Hall–Kier alpha value is -1.67. The molecule has 0 unspecified atom stereocenters.